The summed E-state index contributed by atoms with van der Waals surface area (Å²) in [6, 6.07) is 8.19. The molecule has 180 valence electrons. The van der Waals surface area contributed by atoms with E-state index in [0.717, 1.165) is 43.4 Å². The Morgan fingerprint density at radius 2 is 2.00 bits per heavy atom. The van der Waals surface area contributed by atoms with E-state index in [9.17, 15) is 0 Å². The predicted octanol–water partition coefficient (Wildman–Crippen LogP) is 6.96. The van der Waals surface area contributed by atoms with Crippen LogP contribution in [-0.2, 0) is 11.3 Å². The van der Waals surface area contributed by atoms with Crippen molar-refractivity contribution >= 4 is 34.5 Å². The van der Waals surface area contributed by atoms with Crippen LogP contribution in [-0.4, -0.2) is 55.7 Å². The molecule has 0 amide bonds. The van der Waals surface area contributed by atoms with Gasteiger partial charge in [0.05, 0.1) is 6.10 Å². The first-order chi connectivity index (χ1) is 16.1. The van der Waals surface area contributed by atoms with Crippen LogP contribution >= 0.6 is 34.5 Å². The van der Waals surface area contributed by atoms with Crippen LogP contribution in [0.1, 0.15) is 42.7 Å². The van der Waals surface area contributed by atoms with Crippen LogP contribution in [0.25, 0.3) is 0 Å². The lowest BCUT2D eigenvalue weighted by Gasteiger charge is -2.35. The van der Waals surface area contributed by atoms with Gasteiger partial charge < -0.3 is 9.64 Å². The molecule has 2 fully saturated rings. The van der Waals surface area contributed by atoms with Gasteiger partial charge >= 0.3 is 0 Å². The van der Waals surface area contributed by atoms with Crippen molar-refractivity contribution in [1.82, 2.24) is 9.80 Å². The van der Waals surface area contributed by atoms with Crippen molar-refractivity contribution in [2.45, 2.75) is 44.2 Å². The molecule has 0 bridgehead atoms. The maximum absolute atomic E-state index is 6.48. The third kappa shape index (κ3) is 6.84. The fourth-order valence-electron chi connectivity index (χ4n) is 5.61. The molecule has 2 aromatic rings. The quantitative estimate of drug-likeness (QED) is 0.323. The molecule has 0 N–H and O–H groups in total. The minimum atomic E-state index is 0.324. The van der Waals surface area contributed by atoms with E-state index in [2.05, 4.69) is 39.3 Å². The number of benzene rings is 1. The van der Waals surface area contributed by atoms with E-state index < -0.39 is 0 Å². The molecule has 2 saturated heterocycles. The summed E-state index contributed by atoms with van der Waals surface area (Å²) in [5.74, 6) is 2.01. The summed E-state index contributed by atoms with van der Waals surface area (Å²) in [5, 5.41) is 6.02. The Hall–Kier alpha value is -0.880. The van der Waals surface area contributed by atoms with Crippen LogP contribution in [0.3, 0.4) is 0 Å². The van der Waals surface area contributed by atoms with Gasteiger partial charge in [-0.3, -0.25) is 4.90 Å². The topological polar surface area (TPSA) is 15.7 Å². The van der Waals surface area contributed by atoms with Gasteiger partial charge in [-0.1, -0.05) is 35.3 Å². The molecule has 4 rings (SSSR count). The standard InChI is InChI=1S/C27H36Cl2N2OS/c1-3-4-25(32-2)13-20-7-10-30(11-8-20)16-23-17-31(18-26(23)22-9-12-33-19-22)15-21-5-6-24(28)14-27(21)29/h3,5-6,9,12,14,19-20,23,25-26H,1,4,7-8,10-11,13,15-18H2,2H3/t23-,25?,26+/m0/s1. The number of hydrogen-bond acceptors (Lipinski definition) is 4. The van der Waals surface area contributed by atoms with E-state index in [1.54, 1.807) is 0 Å². The second-order valence-electron chi connectivity index (χ2n) is 9.71. The summed E-state index contributed by atoms with van der Waals surface area (Å²) < 4.78 is 5.65. The zero-order valence-corrected chi connectivity index (χ0v) is 21.9. The van der Waals surface area contributed by atoms with Crippen molar-refractivity contribution in [1.29, 1.82) is 0 Å². The number of nitrogens with zero attached hydrogens (tertiary/aromatic N) is 2. The van der Waals surface area contributed by atoms with Gasteiger partial charge in [-0.05, 0) is 90.7 Å². The molecule has 3 nitrogen and oxygen atoms in total. The Labute approximate surface area is 213 Å². The second kappa shape index (κ2) is 12.2. The summed E-state index contributed by atoms with van der Waals surface area (Å²) in [6.45, 7) is 10.5. The first-order valence-corrected chi connectivity index (χ1v) is 13.8. The molecule has 0 radical (unpaired) electrons. The highest BCUT2D eigenvalue weighted by atomic mass is 35.5. The van der Waals surface area contributed by atoms with Crippen molar-refractivity contribution in [3.8, 4) is 0 Å². The summed E-state index contributed by atoms with van der Waals surface area (Å²) in [5.41, 5.74) is 2.66. The van der Waals surface area contributed by atoms with Gasteiger partial charge in [0.2, 0.25) is 0 Å². The van der Waals surface area contributed by atoms with E-state index in [0.29, 0.717) is 23.0 Å². The molecule has 0 saturated carbocycles. The Morgan fingerprint density at radius 3 is 2.67 bits per heavy atom. The number of halogens is 2. The fraction of sp³-hybridized carbons (Fsp3) is 0.556. The van der Waals surface area contributed by atoms with Crippen molar-refractivity contribution < 1.29 is 4.74 Å². The monoisotopic (exact) mass is 506 g/mol. The second-order valence-corrected chi connectivity index (χ2v) is 11.3. The predicted molar refractivity (Wildman–Crippen MR) is 142 cm³/mol. The molecular weight excluding hydrogens is 471 g/mol. The number of thiophene rings is 1. The Bertz CT molecular complexity index is 882. The molecule has 1 aromatic carbocycles. The maximum atomic E-state index is 6.48. The normalized spacial score (nSPS) is 23.7. The van der Waals surface area contributed by atoms with E-state index >= 15 is 0 Å². The largest absolute Gasteiger partial charge is 0.381 e. The minimum absolute atomic E-state index is 0.324. The van der Waals surface area contributed by atoms with E-state index in [4.69, 9.17) is 27.9 Å². The minimum Gasteiger partial charge on any atom is -0.381 e. The SMILES string of the molecule is C=CCC(CC1CCN(C[C@H]2CN(Cc3ccc(Cl)cc3Cl)C[C@@H]2c2ccsc2)CC1)OC. The fourth-order valence-corrected chi connectivity index (χ4v) is 6.80. The van der Waals surface area contributed by atoms with Gasteiger partial charge in [0.1, 0.15) is 0 Å². The zero-order chi connectivity index (χ0) is 23.2. The third-order valence-corrected chi connectivity index (χ3v) is 8.74. The molecule has 33 heavy (non-hydrogen) atoms. The average Bonchev–Trinajstić information content (AvgIpc) is 3.47. The number of piperidine rings is 1. The summed E-state index contributed by atoms with van der Waals surface area (Å²) in [4.78, 5) is 5.28. The number of ether oxygens (including phenoxy) is 1. The molecule has 1 unspecified atom stereocenters. The van der Waals surface area contributed by atoms with Crippen LogP contribution in [0.2, 0.25) is 10.0 Å². The smallest absolute Gasteiger partial charge is 0.0608 e. The van der Waals surface area contributed by atoms with Crippen molar-refractivity contribution in [3.05, 3.63) is 68.9 Å². The highest BCUT2D eigenvalue weighted by Gasteiger charge is 2.36. The van der Waals surface area contributed by atoms with Crippen LogP contribution in [0, 0.1) is 11.8 Å². The van der Waals surface area contributed by atoms with Crippen LogP contribution in [0.4, 0.5) is 0 Å². The Morgan fingerprint density at radius 1 is 1.18 bits per heavy atom. The highest BCUT2D eigenvalue weighted by Crippen LogP contribution is 2.37. The third-order valence-electron chi connectivity index (χ3n) is 7.46. The summed E-state index contributed by atoms with van der Waals surface area (Å²) in [6.07, 6.45) is 6.97. The first kappa shape index (κ1) is 25.2. The summed E-state index contributed by atoms with van der Waals surface area (Å²) >= 11 is 14.4. The zero-order valence-electron chi connectivity index (χ0n) is 19.6. The molecule has 0 aliphatic carbocycles. The van der Waals surface area contributed by atoms with Crippen molar-refractivity contribution in [2.24, 2.45) is 11.8 Å². The van der Waals surface area contributed by atoms with Crippen LogP contribution in [0.15, 0.2) is 47.7 Å². The lowest BCUT2D eigenvalue weighted by molar-refractivity contribution is 0.0638. The van der Waals surface area contributed by atoms with E-state index in [1.807, 2.05) is 36.7 Å². The molecule has 1 aromatic heterocycles. The maximum Gasteiger partial charge on any atom is 0.0608 e. The van der Waals surface area contributed by atoms with Gasteiger partial charge in [-0.2, -0.15) is 11.3 Å². The Kier molecular flexibility index (Phi) is 9.32. The average molecular weight is 508 g/mol. The molecule has 2 aliphatic heterocycles. The molecule has 3 atom stereocenters. The molecular formula is C27H36Cl2N2OS. The van der Waals surface area contributed by atoms with Crippen LogP contribution < -0.4 is 0 Å². The first-order valence-electron chi connectivity index (χ1n) is 12.1. The van der Waals surface area contributed by atoms with Gasteiger partial charge in [0, 0.05) is 49.3 Å². The van der Waals surface area contributed by atoms with Gasteiger partial charge in [-0.15, -0.1) is 6.58 Å². The highest BCUT2D eigenvalue weighted by molar-refractivity contribution is 7.08. The van der Waals surface area contributed by atoms with Gasteiger partial charge in [0.25, 0.3) is 0 Å². The van der Waals surface area contributed by atoms with Gasteiger partial charge in [-0.25, -0.2) is 0 Å². The lowest BCUT2D eigenvalue weighted by atomic mass is 9.87. The Balaban J connectivity index is 1.35. The molecule has 2 aliphatic rings. The number of rotatable bonds is 10. The summed E-state index contributed by atoms with van der Waals surface area (Å²) in [7, 11) is 1.83. The van der Waals surface area contributed by atoms with E-state index in [-0.39, 0.29) is 0 Å². The van der Waals surface area contributed by atoms with Gasteiger partial charge in [0.15, 0.2) is 0 Å². The molecule has 3 heterocycles. The van der Waals surface area contributed by atoms with E-state index in [1.165, 1.54) is 43.6 Å². The molecule has 6 heteroatoms. The molecule has 0 spiro atoms. The van der Waals surface area contributed by atoms with Crippen molar-refractivity contribution in [3.63, 3.8) is 0 Å². The number of hydrogen-bond donors (Lipinski definition) is 0. The lowest BCUT2D eigenvalue weighted by Crippen LogP contribution is -2.39. The van der Waals surface area contributed by atoms with Crippen LogP contribution in [0.5, 0.6) is 0 Å². The van der Waals surface area contributed by atoms with Crippen molar-refractivity contribution in [2.75, 3.05) is 39.8 Å². The number of methoxy groups -OCH3 is 1. The number of likely N-dealkylation sites (tertiary alicyclic amines) is 2.